The number of nitrogens with zero attached hydrogens (tertiary/aromatic N) is 2. The summed E-state index contributed by atoms with van der Waals surface area (Å²) in [6, 6.07) is 15.2. The third-order valence-electron chi connectivity index (χ3n) is 4.23. The van der Waals surface area contributed by atoms with Gasteiger partial charge >= 0.3 is 6.09 Å². The molecule has 1 amide bonds. The number of hydrogen-bond donors (Lipinski definition) is 1. The van der Waals surface area contributed by atoms with Crippen LogP contribution in [0.2, 0.25) is 0 Å². The van der Waals surface area contributed by atoms with Gasteiger partial charge in [0.05, 0.1) is 23.9 Å². The Bertz CT molecular complexity index is 1060. The van der Waals surface area contributed by atoms with Crippen LogP contribution in [0.1, 0.15) is 5.56 Å². The zero-order valence-electron chi connectivity index (χ0n) is 15.2. The van der Waals surface area contributed by atoms with E-state index in [1.165, 1.54) is 6.08 Å². The number of hydrogen-bond acceptors (Lipinski definition) is 4. The summed E-state index contributed by atoms with van der Waals surface area (Å²) in [6.07, 6.45) is 0.938. The van der Waals surface area contributed by atoms with Crippen molar-refractivity contribution < 1.29 is 14.3 Å². The van der Waals surface area contributed by atoms with Crippen molar-refractivity contribution in [2.75, 3.05) is 19.0 Å². The molecule has 0 aliphatic carbocycles. The van der Waals surface area contributed by atoms with Crippen LogP contribution in [0.4, 0.5) is 10.5 Å². The average Bonchev–Trinajstić information content (AvgIpc) is 2.97. The van der Waals surface area contributed by atoms with Crippen LogP contribution < -0.4 is 10.1 Å². The van der Waals surface area contributed by atoms with Crippen molar-refractivity contribution in [1.82, 2.24) is 4.57 Å². The lowest BCUT2D eigenvalue weighted by Crippen LogP contribution is -2.13. The third-order valence-corrected chi connectivity index (χ3v) is 4.23. The molecule has 0 saturated heterocycles. The molecule has 136 valence electrons. The van der Waals surface area contributed by atoms with Crippen molar-refractivity contribution in [3.8, 4) is 23.1 Å². The SMILES string of the molecule is C=CCOC(=O)Nc1cccc(-c2c(C#N)c3ccc(OC)cc3n2C)c1. The highest BCUT2D eigenvalue weighted by molar-refractivity contribution is 5.96. The first-order chi connectivity index (χ1) is 13.1. The van der Waals surface area contributed by atoms with Gasteiger partial charge in [-0.25, -0.2) is 4.79 Å². The van der Waals surface area contributed by atoms with Gasteiger partial charge in [-0.3, -0.25) is 5.32 Å². The van der Waals surface area contributed by atoms with Crippen LogP contribution in [-0.2, 0) is 11.8 Å². The molecule has 1 aromatic heterocycles. The van der Waals surface area contributed by atoms with E-state index in [2.05, 4.69) is 18.0 Å². The van der Waals surface area contributed by atoms with E-state index in [0.717, 1.165) is 27.9 Å². The minimum atomic E-state index is -0.561. The Morgan fingerprint density at radius 1 is 1.33 bits per heavy atom. The molecule has 0 saturated carbocycles. The maximum atomic E-state index is 11.8. The molecule has 0 aliphatic rings. The standard InChI is InChI=1S/C21H19N3O3/c1-4-10-27-21(25)23-15-7-5-6-14(11-15)20-18(13-22)17-9-8-16(26-3)12-19(17)24(20)2/h4-9,11-12H,1,10H2,2-3H3,(H,23,25). The average molecular weight is 361 g/mol. The maximum absolute atomic E-state index is 11.8. The fourth-order valence-corrected chi connectivity index (χ4v) is 3.03. The second-order valence-electron chi connectivity index (χ2n) is 5.87. The monoisotopic (exact) mass is 361 g/mol. The molecule has 6 nitrogen and oxygen atoms in total. The molecule has 0 unspecified atom stereocenters. The molecule has 2 aromatic carbocycles. The first-order valence-electron chi connectivity index (χ1n) is 8.30. The fourth-order valence-electron chi connectivity index (χ4n) is 3.03. The third kappa shape index (κ3) is 3.48. The van der Waals surface area contributed by atoms with Crippen LogP contribution in [0.15, 0.2) is 55.1 Å². The summed E-state index contributed by atoms with van der Waals surface area (Å²) >= 11 is 0. The van der Waals surface area contributed by atoms with E-state index < -0.39 is 6.09 Å². The summed E-state index contributed by atoms with van der Waals surface area (Å²) in [5, 5.41) is 13.3. The second-order valence-corrected chi connectivity index (χ2v) is 5.87. The first-order valence-corrected chi connectivity index (χ1v) is 8.30. The molecule has 0 spiro atoms. The quantitative estimate of drug-likeness (QED) is 0.681. The predicted molar refractivity (Wildman–Crippen MR) is 105 cm³/mol. The predicted octanol–water partition coefficient (Wildman–Crippen LogP) is 4.46. The molecular formula is C21H19N3O3. The Labute approximate surface area is 157 Å². The van der Waals surface area contributed by atoms with E-state index in [1.807, 2.05) is 41.9 Å². The molecule has 3 aromatic rings. The van der Waals surface area contributed by atoms with Gasteiger partial charge in [0.25, 0.3) is 0 Å². The van der Waals surface area contributed by atoms with E-state index in [1.54, 1.807) is 19.2 Å². The molecular weight excluding hydrogens is 342 g/mol. The van der Waals surface area contributed by atoms with Crippen LogP contribution in [0, 0.1) is 11.3 Å². The van der Waals surface area contributed by atoms with E-state index in [4.69, 9.17) is 9.47 Å². The topological polar surface area (TPSA) is 76.3 Å². The minimum absolute atomic E-state index is 0.134. The lowest BCUT2D eigenvalue weighted by atomic mass is 10.1. The Morgan fingerprint density at radius 2 is 2.15 bits per heavy atom. The van der Waals surface area contributed by atoms with Gasteiger partial charge in [-0.2, -0.15) is 5.26 Å². The van der Waals surface area contributed by atoms with Crippen molar-refractivity contribution in [3.63, 3.8) is 0 Å². The van der Waals surface area contributed by atoms with Crippen molar-refractivity contribution in [1.29, 1.82) is 5.26 Å². The molecule has 0 atom stereocenters. The van der Waals surface area contributed by atoms with Crippen LogP contribution in [-0.4, -0.2) is 24.4 Å². The highest BCUT2D eigenvalue weighted by Gasteiger charge is 2.17. The van der Waals surface area contributed by atoms with Gasteiger partial charge in [0.2, 0.25) is 0 Å². The number of nitrogens with one attached hydrogen (secondary N) is 1. The maximum Gasteiger partial charge on any atom is 0.411 e. The zero-order valence-corrected chi connectivity index (χ0v) is 15.2. The number of anilines is 1. The number of aromatic nitrogens is 1. The normalized spacial score (nSPS) is 10.3. The Balaban J connectivity index is 2.06. The smallest absolute Gasteiger partial charge is 0.411 e. The highest BCUT2D eigenvalue weighted by atomic mass is 16.5. The molecule has 6 heteroatoms. The summed E-state index contributed by atoms with van der Waals surface area (Å²) in [7, 11) is 3.51. The van der Waals surface area contributed by atoms with Crippen LogP contribution in [0.3, 0.4) is 0 Å². The lowest BCUT2D eigenvalue weighted by Gasteiger charge is -2.09. The van der Waals surface area contributed by atoms with Gasteiger partial charge in [-0.05, 0) is 24.3 Å². The zero-order chi connectivity index (χ0) is 19.4. The van der Waals surface area contributed by atoms with Crippen molar-refractivity contribution in [2.45, 2.75) is 0 Å². The summed E-state index contributed by atoms with van der Waals surface area (Å²) in [6.45, 7) is 3.64. The Morgan fingerprint density at radius 3 is 2.85 bits per heavy atom. The number of rotatable bonds is 5. The Kier molecular flexibility index (Phi) is 5.13. The van der Waals surface area contributed by atoms with E-state index >= 15 is 0 Å². The number of carbonyl (C=O) groups excluding carboxylic acids is 1. The van der Waals surface area contributed by atoms with E-state index in [0.29, 0.717) is 11.3 Å². The number of fused-ring (bicyclic) bond motifs is 1. The number of carbonyl (C=O) groups is 1. The molecule has 1 heterocycles. The number of benzene rings is 2. The van der Waals surface area contributed by atoms with Crippen molar-refractivity contribution in [3.05, 3.63) is 60.7 Å². The summed E-state index contributed by atoms with van der Waals surface area (Å²) in [5.74, 6) is 0.722. The van der Waals surface area contributed by atoms with E-state index in [9.17, 15) is 10.1 Å². The van der Waals surface area contributed by atoms with Gasteiger partial charge in [0.1, 0.15) is 18.4 Å². The number of nitriles is 1. The van der Waals surface area contributed by atoms with Crippen LogP contribution >= 0.6 is 0 Å². The fraction of sp³-hybridized carbons (Fsp3) is 0.143. The second kappa shape index (κ2) is 7.67. The highest BCUT2D eigenvalue weighted by Crippen LogP contribution is 2.35. The molecule has 1 N–H and O–H groups in total. The van der Waals surface area contributed by atoms with Crippen LogP contribution in [0.25, 0.3) is 22.2 Å². The van der Waals surface area contributed by atoms with E-state index in [-0.39, 0.29) is 6.61 Å². The van der Waals surface area contributed by atoms with Gasteiger partial charge in [0.15, 0.2) is 0 Å². The van der Waals surface area contributed by atoms with Gasteiger partial charge in [0, 0.05) is 29.8 Å². The number of amides is 1. The lowest BCUT2D eigenvalue weighted by molar-refractivity contribution is 0.174. The summed E-state index contributed by atoms with van der Waals surface area (Å²) in [4.78, 5) is 11.8. The molecule has 0 bridgehead atoms. The van der Waals surface area contributed by atoms with Gasteiger partial charge in [-0.1, -0.05) is 24.8 Å². The number of aryl methyl sites for hydroxylation is 1. The summed E-state index contributed by atoms with van der Waals surface area (Å²) in [5.41, 5.74) is 3.62. The molecule has 0 radical (unpaired) electrons. The molecule has 27 heavy (non-hydrogen) atoms. The Hall–Kier alpha value is -3.72. The molecule has 0 fully saturated rings. The number of ether oxygens (including phenoxy) is 2. The van der Waals surface area contributed by atoms with Gasteiger partial charge < -0.3 is 14.0 Å². The molecule has 3 rings (SSSR count). The first kappa shape index (κ1) is 18.1. The van der Waals surface area contributed by atoms with Gasteiger partial charge in [-0.15, -0.1) is 0 Å². The summed E-state index contributed by atoms with van der Waals surface area (Å²) < 4.78 is 12.2. The molecule has 0 aliphatic heterocycles. The number of methoxy groups -OCH3 is 1. The van der Waals surface area contributed by atoms with Crippen molar-refractivity contribution >= 4 is 22.7 Å². The largest absolute Gasteiger partial charge is 0.497 e. The van der Waals surface area contributed by atoms with Crippen LogP contribution in [0.5, 0.6) is 5.75 Å². The van der Waals surface area contributed by atoms with Crippen molar-refractivity contribution in [2.24, 2.45) is 7.05 Å². The minimum Gasteiger partial charge on any atom is -0.497 e.